The summed E-state index contributed by atoms with van der Waals surface area (Å²) >= 11 is 0. The van der Waals surface area contributed by atoms with E-state index in [0.717, 1.165) is 23.4 Å². The highest BCUT2D eigenvalue weighted by Gasteiger charge is 2.35. The van der Waals surface area contributed by atoms with E-state index < -0.39 is 5.60 Å². The molecular formula is C28H36N4O4. The van der Waals surface area contributed by atoms with Crippen LogP contribution in [0.15, 0.2) is 48.5 Å². The van der Waals surface area contributed by atoms with E-state index in [-0.39, 0.29) is 36.0 Å². The number of nitrogens with one attached hydrogen (secondary N) is 2. The van der Waals surface area contributed by atoms with Gasteiger partial charge >= 0.3 is 6.09 Å². The van der Waals surface area contributed by atoms with Crippen molar-refractivity contribution in [3.05, 3.63) is 59.7 Å². The van der Waals surface area contributed by atoms with Crippen LogP contribution in [0.1, 0.15) is 69.4 Å². The number of para-hydroxylation sites is 1. The third-order valence-electron chi connectivity index (χ3n) is 6.52. The summed E-state index contributed by atoms with van der Waals surface area (Å²) in [5.41, 5.74) is 2.99. The summed E-state index contributed by atoms with van der Waals surface area (Å²) in [7, 11) is 0. The normalized spacial score (nSPS) is 19.7. The lowest BCUT2D eigenvalue weighted by atomic mass is 9.91. The topological polar surface area (TPSA) is 91.0 Å². The first-order valence-corrected chi connectivity index (χ1v) is 12.6. The average Bonchev–Trinajstić information content (AvgIpc) is 2.80. The number of anilines is 2. The summed E-state index contributed by atoms with van der Waals surface area (Å²) in [6, 6.07) is 15.5. The first kappa shape index (κ1) is 25.5. The molecule has 192 valence electrons. The van der Waals surface area contributed by atoms with Gasteiger partial charge < -0.3 is 25.2 Å². The molecule has 0 spiro atoms. The molecule has 0 radical (unpaired) electrons. The van der Waals surface area contributed by atoms with E-state index in [9.17, 15) is 14.4 Å². The fraction of sp³-hybridized carbons (Fsp3) is 0.464. The van der Waals surface area contributed by atoms with Crippen molar-refractivity contribution in [1.82, 2.24) is 10.2 Å². The van der Waals surface area contributed by atoms with Gasteiger partial charge in [0.05, 0.1) is 12.1 Å². The smallest absolute Gasteiger partial charge is 0.410 e. The van der Waals surface area contributed by atoms with Gasteiger partial charge in [0.1, 0.15) is 5.60 Å². The van der Waals surface area contributed by atoms with Gasteiger partial charge in [-0.15, -0.1) is 0 Å². The van der Waals surface area contributed by atoms with Crippen molar-refractivity contribution >= 4 is 29.3 Å². The second kappa shape index (κ2) is 10.2. The second-order valence-electron chi connectivity index (χ2n) is 10.6. The van der Waals surface area contributed by atoms with E-state index in [1.807, 2.05) is 62.9 Å². The summed E-state index contributed by atoms with van der Waals surface area (Å²) in [5.74, 6) is -0.0369. The van der Waals surface area contributed by atoms with Gasteiger partial charge in [-0.05, 0) is 70.0 Å². The van der Waals surface area contributed by atoms with Crippen LogP contribution in [0.2, 0.25) is 0 Å². The lowest BCUT2D eigenvalue weighted by molar-refractivity contribution is -0.118. The van der Waals surface area contributed by atoms with E-state index in [1.165, 1.54) is 0 Å². The van der Waals surface area contributed by atoms with Crippen molar-refractivity contribution < 1.29 is 19.1 Å². The number of hydrogen-bond acceptors (Lipinski definition) is 5. The third-order valence-corrected chi connectivity index (χ3v) is 6.52. The van der Waals surface area contributed by atoms with Crippen molar-refractivity contribution in [1.29, 1.82) is 0 Å². The molecule has 2 N–H and O–H groups in total. The number of fused-ring (bicyclic) bond motifs is 1. The highest BCUT2D eigenvalue weighted by atomic mass is 16.6. The molecule has 2 heterocycles. The van der Waals surface area contributed by atoms with Crippen LogP contribution in [0.25, 0.3) is 0 Å². The van der Waals surface area contributed by atoms with Crippen molar-refractivity contribution in [2.24, 2.45) is 0 Å². The first-order chi connectivity index (χ1) is 17.1. The maximum atomic E-state index is 12.7. The van der Waals surface area contributed by atoms with Crippen LogP contribution in [-0.4, -0.2) is 53.6 Å². The summed E-state index contributed by atoms with van der Waals surface area (Å²) in [6.45, 7) is 10.3. The number of rotatable bonds is 5. The zero-order valence-electron chi connectivity index (χ0n) is 21.7. The molecule has 0 unspecified atom stereocenters. The fourth-order valence-corrected chi connectivity index (χ4v) is 4.73. The Balaban J connectivity index is 1.35. The van der Waals surface area contributed by atoms with Crippen molar-refractivity contribution in [2.75, 3.05) is 23.3 Å². The molecule has 2 aromatic carbocycles. The SMILES string of the molecule is CCC(=O)N1c2ccccc2[C@H](Nc2ccc(C(=O)NC3CN(C(=O)OC(C)(C)C)C3)cc2)C[C@@H]1C. The van der Waals surface area contributed by atoms with Gasteiger partial charge in [0, 0.05) is 42.5 Å². The molecule has 3 amide bonds. The van der Waals surface area contributed by atoms with Crippen LogP contribution in [0, 0.1) is 0 Å². The number of carbonyl (C=O) groups is 3. The van der Waals surface area contributed by atoms with E-state index in [2.05, 4.69) is 23.6 Å². The Morgan fingerprint density at radius 1 is 1.03 bits per heavy atom. The van der Waals surface area contributed by atoms with Crippen molar-refractivity contribution in [3.63, 3.8) is 0 Å². The summed E-state index contributed by atoms with van der Waals surface area (Å²) < 4.78 is 5.35. The largest absolute Gasteiger partial charge is 0.444 e. The van der Waals surface area contributed by atoms with E-state index in [4.69, 9.17) is 4.74 Å². The molecule has 8 heteroatoms. The Bertz CT molecular complexity index is 1120. The lowest BCUT2D eigenvalue weighted by Crippen LogP contribution is -2.61. The van der Waals surface area contributed by atoms with Gasteiger partial charge in [-0.2, -0.15) is 0 Å². The summed E-state index contributed by atoms with van der Waals surface area (Å²) in [5, 5.41) is 6.56. The second-order valence-corrected chi connectivity index (χ2v) is 10.6. The maximum Gasteiger partial charge on any atom is 0.410 e. The number of hydrogen-bond donors (Lipinski definition) is 2. The molecule has 0 saturated carbocycles. The molecule has 2 atom stereocenters. The zero-order valence-corrected chi connectivity index (χ0v) is 21.7. The van der Waals surface area contributed by atoms with Gasteiger partial charge in [0.2, 0.25) is 5.91 Å². The minimum atomic E-state index is -0.536. The zero-order chi connectivity index (χ0) is 26.0. The van der Waals surface area contributed by atoms with Crippen LogP contribution in [0.4, 0.5) is 16.2 Å². The quantitative estimate of drug-likeness (QED) is 0.630. The van der Waals surface area contributed by atoms with Gasteiger partial charge in [0.25, 0.3) is 5.91 Å². The number of benzene rings is 2. The van der Waals surface area contributed by atoms with Crippen LogP contribution < -0.4 is 15.5 Å². The number of carbonyl (C=O) groups excluding carboxylic acids is 3. The molecule has 1 saturated heterocycles. The van der Waals surface area contributed by atoms with Gasteiger partial charge in [-0.3, -0.25) is 9.59 Å². The Labute approximate surface area is 213 Å². The van der Waals surface area contributed by atoms with Crippen molar-refractivity contribution in [2.45, 2.75) is 71.2 Å². The first-order valence-electron chi connectivity index (χ1n) is 12.6. The Morgan fingerprint density at radius 2 is 1.69 bits per heavy atom. The molecule has 4 rings (SSSR count). The molecule has 0 aliphatic carbocycles. The van der Waals surface area contributed by atoms with Crippen LogP contribution in [-0.2, 0) is 9.53 Å². The average molecular weight is 493 g/mol. The molecule has 2 aliphatic rings. The van der Waals surface area contributed by atoms with Gasteiger partial charge in [-0.1, -0.05) is 25.1 Å². The molecule has 8 nitrogen and oxygen atoms in total. The number of nitrogens with zero attached hydrogens (tertiary/aromatic N) is 2. The fourth-order valence-electron chi connectivity index (χ4n) is 4.73. The molecule has 0 aromatic heterocycles. The summed E-state index contributed by atoms with van der Waals surface area (Å²) in [6.07, 6.45) is 0.908. The van der Waals surface area contributed by atoms with E-state index in [0.29, 0.717) is 25.1 Å². The molecule has 0 bridgehead atoms. The molecule has 1 fully saturated rings. The molecule has 36 heavy (non-hydrogen) atoms. The van der Waals surface area contributed by atoms with Crippen molar-refractivity contribution in [3.8, 4) is 0 Å². The predicted molar refractivity (Wildman–Crippen MR) is 140 cm³/mol. The van der Waals surface area contributed by atoms with E-state index >= 15 is 0 Å². The van der Waals surface area contributed by atoms with Crippen LogP contribution in [0.3, 0.4) is 0 Å². The Morgan fingerprint density at radius 3 is 2.33 bits per heavy atom. The number of ether oxygens (including phenoxy) is 1. The molecule has 2 aliphatic heterocycles. The third kappa shape index (κ3) is 5.64. The Hall–Kier alpha value is -3.55. The number of amides is 3. The summed E-state index contributed by atoms with van der Waals surface area (Å²) in [4.78, 5) is 40.8. The monoisotopic (exact) mass is 492 g/mol. The highest BCUT2D eigenvalue weighted by molar-refractivity contribution is 5.96. The standard InChI is InChI=1S/C28H36N4O4/c1-6-25(33)32-18(2)15-23(22-9-7-8-10-24(22)32)29-20-13-11-19(12-14-20)26(34)30-21-16-31(17-21)27(35)36-28(3,4)5/h7-14,18,21,23,29H,6,15-17H2,1-5H3,(H,30,34)/t18-,23+/m0/s1. The molecular weight excluding hydrogens is 456 g/mol. The predicted octanol–water partition coefficient (Wildman–Crippen LogP) is 4.72. The highest BCUT2D eigenvalue weighted by Crippen LogP contribution is 2.39. The van der Waals surface area contributed by atoms with Crippen LogP contribution in [0.5, 0.6) is 0 Å². The van der Waals surface area contributed by atoms with Gasteiger partial charge in [0.15, 0.2) is 0 Å². The lowest BCUT2D eigenvalue weighted by Gasteiger charge is -2.40. The van der Waals surface area contributed by atoms with Gasteiger partial charge in [-0.25, -0.2) is 4.79 Å². The minimum absolute atomic E-state index is 0.0607. The maximum absolute atomic E-state index is 12.7. The minimum Gasteiger partial charge on any atom is -0.444 e. The van der Waals surface area contributed by atoms with Crippen LogP contribution >= 0.6 is 0 Å². The molecule has 2 aromatic rings. The number of likely N-dealkylation sites (tertiary alicyclic amines) is 1. The van der Waals surface area contributed by atoms with E-state index in [1.54, 1.807) is 17.0 Å². The Kier molecular flexibility index (Phi) is 7.24.